The Kier molecular flexibility index (Phi) is 9.02. The zero-order valence-electron chi connectivity index (χ0n) is 18.9. The van der Waals surface area contributed by atoms with E-state index in [1.165, 1.54) is 38.5 Å². The van der Waals surface area contributed by atoms with E-state index in [1.54, 1.807) is 11.1 Å². The van der Waals surface area contributed by atoms with Crippen LogP contribution >= 0.6 is 0 Å². The van der Waals surface area contributed by atoms with Crippen molar-refractivity contribution < 1.29 is 20.3 Å². The van der Waals surface area contributed by atoms with Crippen LogP contribution in [0, 0.1) is 0 Å². The van der Waals surface area contributed by atoms with Gasteiger partial charge in [-0.2, -0.15) is 0 Å². The molecule has 0 radical (unpaired) electrons. The first kappa shape index (κ1) is 23.0. The Bertz CT molecular complexity index is 508. The Balaban J connectivity index is 0.00000312. The second kappa shape index (κ2) is 9.79. The van der Waals surface area contributed by atoms with Crippen LogP contribution in [0.3, 0.4) is 0 Å². The van der Waals surface area contributed by atoms with Crippen LogP contribution in [0.1, 0.15) is 53.8 Å². The summed E-state index contributed by atoms with van der Waals surface area (Å²) in [6.45, 7) is 15.2. The molecule has 0 amide bonds. The molecule has 136 valence electrons. The van der Waals surface area contributed by atoms with Crippen LogP contribution in [-0.2, 0) is 0 Å². The van der Waals surface area contributed by atoms with Crippen molar-refractivity contribution >= 4 is 15.2 Å². The molecule has 2 unspecified atom stereocenters. The fourth-order valence-corrected chi connectivity index (χ4v) is 14.4. The van der Waals surface area contributed by atoms with Gasteiger partial charge in [-0.3, -0.25) is 0 Å². The number of hydrogen-bond acceptors (Lipinski definition) is 0. The van der Waals surface area contributed by atoms with Gasteiger partial charge in [0.05, 0.1) is 15.2 Å². The van der Waals surface area contributed by atoms with Crippen LogP contribution in [0.5, 0.6) is 0 Å². The van der Waals surface area contributed by atoms with Gasteiger partial charge < -0.3 is 1.43 Å². The summed E-state index contributed by atoms with van der Waals surface area (Å²) in [5, 5.41) is 0. The minimum absolute atomic E-state index is 0. The largest absolute Gasteiger partial charge is 1.00 e. The van der Waals surface area contributed by atoms with Gasteiger partial charge in [-0.25, -0.2) is 0 Å². The van der Waals surface area contributed by atoms with E-state index in [2.05, 4.69) is 76.5 Å². The topological polar surface area (TPSA) is 0 Å². The van der Waals surface area contributed by atoms with Gasteiger partial charge in [0.2, 0.25) is 0 Å². The average molecular weight is 367 g/mol. The van der Waals surface area contributed by atoms with Crippen molar-refractivity contribution in [1.82, 2.24) is 0 Å². The average Bonchev–Trinajstić information content (AvgIpc) is 3.20. The van der Waals surface area contributed by atoms with Crippen molar-refractivity contribution in [3.63, 3.8) is 0 Å². The van der Waals surface area contributed by atoms with Crippen LogP contribution in [0.25, 0.3) is 0 Å². The summed E-state index contributed by atoms with van der Waals surface area (Å²) < 4.78 is 0. The predicted molar refractivity (Wildman–Crippen MR) is 117 cm³/mol. The summed E-state index contributed by atoms with van der Waals surface area (Å²) in [6.07, 6.45) is 23.1. The van der Waals surface area contributed by atoms with Crippen molar-refractivity contribution in [2.24, 2.45) is 0 Å². The molecule has 0 heterocycles. The van der Waals surface area contributed by atoms with Crippen LogP contribution in [0.4, 0.5) is 0 Å². The van der Waals surface area contributed by atoms with Crippen molar-refractivity contribution in [3.8, 4) is 0 Å². The standard InChI is InChI=1S/C22H38Si2.Li.H/c1-7-9-11-19-13-15-21(17-19)23(3,4)24(5,6)22-16-14-20(18-22)12-10-8-2;;/h13-18,21-22H,7-12H2,1-6H3;;/q;+1;-1. The number of unbranched alkanes of at least 4 members (excludes halogenated alkanes) is 2. The third kappa shape index (κ3) is 5.25. The molecule has 0 saturated carbocycles. The van der Waals surface area contributed by atoms with Gasteiger partial charge in [-0.05, 0) is 36.8 Å². The normalized spacial score (nSPS) is 22.8. The molecule has 2 aliphatic carbocycles. The second-order valence-corrected chi connectivity index (χ2v) is 24.9. The van der Waals surface area contributed by atoms with Crippen LogP contribution in [-0.4, -0.2) is 15.2 Å². The Hall–Kier alpha value is -0.00883. The maximum atomic E-state index is 2.67. The molecule has 3 heteroatoms. The van der Waals surface area contributed by atoms with Gasteiger partial charge in [0, 0.05) is 0 Å². The first-order valence-electron chi connectivity index (χ1n) is 10.1. The maximum absolute atomic E-state index is 2.67. The summed E-state index contributed by atoms with van der Waals surface area (Å²) in [5.74, 6) is 0. The molecule has 0 aromatic rings. The van der Waals surface area contributed by atoms with E-state index >= 15 is 0 Å². The fraction of sp³-hybridized carbons (Fsp3) is 0.636. The predicted octanol–water partition coefficient (Wildman–Crippen LogP) is 4.71. The zero-order valence-corrected chi connectivity index (χ0v) is 19.9. The van der Waals surface area contributed by atoms with Gasteiger partial charge in [-0.1, -0.05) is 100 Å². The minimum Gasteiger partial charge on any atom is -1.00 e. The number of rotatable bonds is 9. The van der Waals surface area contributed by atoms with E-state index in [-0.39, 0.29) is 20.3 Å². The van der Waals surface area contributed by atoms with E-state index in [0.29, 0.717) is 0 Å². The Morgan fingerprint density at radius 1 is 0.760 bits per heavy atom. The van der Waals surface area contributed by atoms with E-state index in [1.807, 2.05) is 0 Å². The molecule has 0 bridgehead atoms. The SMILES string of the molecule is CCCCC1=CC([Si](C)(C)[Si](C)(C)C2C=CC(CCCC)=C2)C=C1.[H-].[Li+]. The molecule has 0 saturated heterocycles. The molecular weight excluding hydrogens is 327 g/mol. The molecule has 0 aliphatic heterocycles. The Labute approximate surface area is 172 Å². The van der Waals surface area contributed by atoms with Gasteiger partial charge >= 0.3 is 18.9 Å². The molecule has 0 fully saturated rings. The van der Waals surface area contributed by atoms with Gasteiger partial charge in [0.25, 0.3) is 0 Å². The Morgan fingerprint density at radius 3 is 1.44 bits per heavy atom. The molecular formula is C22H39LiSi2. The van der Waals surface area contributed by atoms with E-state index in [0.717, 1.165) is 11.1 Å². The molecule has 0 N–H and O–H groups in total. The van der Waals surface area contributed by atoms with Gasteiger partial charge in [0.15, 0.2) is 0 Å². The molecule has 2 rings (SSSR count). The summed E-state index contributed by atoms with van der Waals surface area (Å²) in [6, 6.07) is 0. The van der Waals surface area contributed by atoms with Crippen molar-refractivity contribution in [3.05, 3.63) is 47.6 Å². The van der Waals surface area contributed by atoms with Crippen LogP contribution in [0.2, 0.25) is 37.3 Å². The van der Waals surface area contributed by atoms with Crippen molar-refractivity contribution in [1.29, 1.82) is 0 Å². The molecule has 0 spiro atoms. The fourth-order valence-electron chi connectivity index (χ4n) is 3.99. The summed E-state index contributed by atoms with van der Waals surface area (Å²) in [5.41, 5.74) is 4.72. The number of allylic oxidation sites excluding steroid dienone is 8. The third-order valence-electron chi connectivity index (χ3n) is 6.79. The van der Waals surface area contributed by atoms with Crippen molar-refractivity contribution in [2.75, 3.05) is 0 Å². The summed E-state index contributed by atoms with van der Waals surface area (Å²) >= 11 is 0. The molecule has 2 atom stereocenters. The quantitative estimate of drug-likeness (QED) is 0.518. The first-order valence-corrected chi connectivity index (χ1v) is 17.3. The summed E-state index contributed by atoms with van der Waals surface area (Å²) in [4.78, 5) is 0. The van der Waals surface area contributed by atoms with E-state index in [4.69, 9.17) is 0 Å². The molecule has 25 heavy (non-hydrogen) atoms. The van der Waals surface area contributed by atoms with Crippen molar-refractivity contribution in [2.45, 2.75) is 89.6 Å². The maximum Gasteiger partial charge on any atom is 1.00 e. The second-order valence-electron chi connectivity index (χ2n) is 8.90. The molecule has 2 aliphatic rings. The monoisotopic (exact) mass is 366 g/mol. The molecule has 0 aromatic heterocycles. The Morgan fingerprint density at radius 2 is 1.12 bits per heavy atom. The molecule has 0 nitrogen and oxygen atoms in total. The summed E-state index contributed by atoms with van der Waals surface area (Å²) in [7, 11) is -2.65. The third-order valence-corrected chi connectivity index (χ3v) is 26.1. The number of hydrogen-bond donors (Lipinski definition) is 0. The van der Waals surface area contributed by atoms with E-state index < -0.39 is 15.2 Å². The van der Waals surface area contributed by atoms with Gasteiger partial charge in [0.1, 0.15) is 0 Å². The smallest absolute Gasteiger partial charge is 1.00 e. The van der Waals surface area contributed by atoms with Crippen LogP contribution in [0.15, 0.2) is 47.6 Å². The molecule has 0 aromatic carbocycles. The van der Waals surface area contributed by atoms with Gasteiger partial charge in [-0.15, -0.1) is 0 Å². The van der Waals surface area contributed by atoms with E-state index in [9.17, 15) is 0 Å². The zero-order chi connectivity index (χ0) is 17.8. The first-order chi connectivity index (χ1) is 11.3. The minimum atomic E-state index is -1.32. The van der Waals surface area contributed by atoms with Crippen LogP contribution < -0.4 is 18.9 Å².